The molecule has 3 heterocycles. The van der Waals surface area contributed by atoms with Crippen molar-refractivity contribution in [2.45, 2.75) is 12.5 Å². The molecule has 2 heteroatoms. The van der Waals surface area contributed by atoms with E-state index in [9.17, 15) is 0 Å². The van der Waals surface area contributed by atoms with E-state index in [1.807, 2.05) is 0 Å². The van der Waals surface area contributed by atoms with E-state index in [2.05, 4.69) is 52.0 Å². The van der Waals surface area contributed by atoms with Gasteiger partial charge in [0.05, 0.1) is 11.3 Å². The third kappa shape index (κ3) is 0.654. The fraction of sp³-hybridized carbons (Fsp3) is 0.214. The fourth-order valence-corrected chi connectivity index (χ4v) is 3.29. The Morgan fingerprint density at radius 1 is 1.19 bits per heavy atom. The first-order valence-electron chi connectivity index (χ1n) is 5.87. The molecule has 3 aliphatic rings. The van der Waals surface area contributed by atoms with Gasteiger partial charge in [0.25, 0.3) is 0 Å². The molecule has 16 heavy (non-hydrogen) atoms. The number of aromatic nitrogens is 2. The maximum atomic E-state index is 2.46. The summed E-state index contributed by atoms with van der Waals surface area (Å²) in [6.07, 6.45) is 5.88. The average Bonchev–Trinajstić information content (AvgIpc) is 2.99. The minimum atomic E-state index is 0.687. The number of rotatable bonds is 0. The number of allylic oxidation sites excluding steroid dienone is 2. The van der Waals surface area contributed by atoms with Crippen molar-refractivity contribution >= 4 is 5.57 Å². The lowest BCUT2D eigenvalue weighted by atomic mass is 9.95. The van der Waals surface area contributed by atoms with Crippen LogP contribution in [0.3, 0.4) is 0 Å². The van der Waals surface area contributed by atoms with Gasteiger partial charge in [0.1, 0.15) is 6.04 Å². The predicted molar refractivity (Wildman–Crippen MR) is 60.2 cm³/mol. The maximum absolute atomic E-state index is 2.46. The van der Waals surface area contributed by atoms with Crippen LogP contribution >= 0.6 is 0 Å². The summed E-state index contributed by atoms with van der Waals surface area (Å²) < 4.78 is 4.78. The summed E-state index contributed by atoms with van der Waals surface area (Å²) in [5.74, 6) is 0.704. The van der Waals surface area contributed by atoms with E-state index < -0.39 is 0 Å². The molecule has 1 aromatic carbocycles. The van der Waals surface area contributed by atoms with Crippen LogP contribution in [0.25, 0.3) is 11.3 Å². The van der Waals surface area contributed by atoms with Gasteiger partial charge in [-0.25, -0.2) is 0 Å². The molecular formula is C14H11N2+. The molecule has 2 aliphatic heterocycles. The molecule has 0 spiro atoms. The molecule has 1 aliphatic carbocycles. The molecule has 2 aromatic rings. The molecule has 0 radical (unpaired) electrons. The Kier molecular flexibility index (Phi) is 0.997. The van der Waals surface area contributed by atoms with Crippen molar-refractivity contribution in [1.82, 2.24) is 4.68 Å². The van der Waals surface area contributed by atoms with Gasteiger partial charge in [-0.05, 0) is 11.6 Å². The van der Waals surface area contributed by atoms with Crippen LogP contribution in [-0.4, -0.2) is 4.68 Å². The Hall–Kier alpha value is -1.83. The van der Waals surface area contributed by atoms with Gasteiger partial charge in [-0.2, -0.15) is 0 Å². The summed E-state index contributed by atoms with van der Waals surface area (Å²) in [5.41, 5.74) is 5.79. The topological polar surface area (TPSA) is 8.81 Å². The minimum absolute atomic E-state index is 0.687. The van der Waals surface area contributed by atoms with Crippen LogP contribution in [0, 0.1) is 5.92 Å². The van der Waals surface area contributed by atoms with E-state index in [1.165, 1.54) is 23.4 Å². The highest BCUT2D eigenvalue weighted by atomic mass is 15.4. The highest BCUT2D eigenvalue weighted by Crippen LogP contribution is 2.52. The molecule has 0 saturated heterocycles. The largest absolute Gasteiger partial charge is 0.243 e. The Labute approximate surface area is 93.4 Å². The van der Waals surface area contributed by atoms with Gasteiger partial charge in [-0.15, -0.1) is 4.68 Å². The Balaban J connectivity index is 1.92. The van der Waals surface area contributed by atoms with Crippen molar-refractivity contribution < 1.29 is 4.68 Å². The highest BCUT2D eigenvalue weighted by Gasteiger charge is 2.49. The molecule has 0 saturated carbocycles. The molecule has 0 fully saturated rings. The van der Waals surface area contributed by atoms with Crippen LogP contribution in [0.15, 0.2) is 42.6 Å². The number of hydrogen-bond acceptors (Lipinski definition) is 0. The second-order valence-electron chi connectivity index (χ2n) is 4.93. The number of fused-ring (bicyclic) bond motifs is 5. The lowest BCUT2D eigenvalue weighted by molar-refractivity contribution is -0.693. The Morgan fingerprint density at radius 2 is 2.12 bits per heavy atom. The summed E-state index contributed by atoms with van der Waals surface area (Å²) >= 11 is 0. The van der Waals surface area contributed by atoms with Crippen LogP contribution in [-0.2, 0) is 6.42 Å². The first kappa shape index (κ1) is 7.44. The van der Waals surface area contributed by atoms with E-state index in [4.69, 9.17) is 0 Å². The van der Waals surface area contributed by atoms with E-state index in [0.717, 1.165) is 0 Å². The monoisotopic (exact) mass is 207 g/mol. The van der Waals surface area contributed by atoms with Crippen molar-refractivity contribution in [3.05, 3.63) is 53.9 Å². The van der Waals surface area contributed by atoms with Crippen LogP contribution in [0.2, 0.25) is 0 Å². The first-order chi connectivity index (χ1) is 7.93. The van der Waals surface area contributed by atoms with Gasteiger partial charge in [0.15, 0.2) is 0 Å². The van der Waals surface area contributed by atoms with Crippen molar-refractivity contribution in [3.63, 3.8) is 0 Å². The van der Waals surface area contributed by atoms with Gasteiger partial charge in [0.2, 0.25) is 11.9 Å². The minimum Gasteiger partial charge on any atom is -0.148 e. The molecule has 1 aromatic heterocycles. The summed E-state index contributed by atoms with van der Waals surface area (Å²) in [4.78, 5) is 0. The van der Waals surface area contributed by atoms with Gasteiger partial charge in [-0.3, -0.25) is 0 Å². The molecule has 0 bridgehead atoms. The third-order valence-electron chi connectivity index (χ3n) is 4.15. The Bertz CT molecular complexity index is 663. The predicted octanol–water partition coefficient (Wildman–Crippen LogP) is 1.89. The number of benzene rings is 1. The standard InChI is InChI=1S/C14H11N2/c1-2-4-13-10(3-1)11-8-12(11)14-7-9-5-6-15(13)16(9)14/h1-6,8,12,14H,7H2/q+1. The lowest BCUT2D eigenvalue weighted by Crippen LogP contribution is -2.48. The molecule has 76 valence electrons. The molecule has 2 nitrogen and oxygen atoms in total. The van der Waals surface area contributed by atoms with Crippen molar-refractivity contribution in [2.24, 2.45) is 5.92 Å². The number of para-hydroxylation sites is 1. The summed E-state index contributed by atoms with van der Waals surface area (Å²) in [7, 11) is 0. The lowest BCUT2D eigenvalue weighted by Gasteiger charge is -2.25. The van der Waals surface area contributed by atoms with Crippen molar-refractivity contribution in [3.8, 4) is 5.69 Å². The van der Waals surface area contributed by atoms with E-state index in [1.54, 1.807) is 5.57 Å². The number of nitrogens with zero attached hydrogens (tertiary/aromatic N) is 2. The molecule has 0 amide bonds. The van der Waals surface area contributed by atoms with Crippen LogP contribution in [0.4, 0.5) is 0 Å². The zero-order valence-corrected chi connectivity index (χ0v) is 8.80. The van der Waals surface area contributed by atoms with Gasteiger partial charge >= 0.3 is 0 Å². The SMILES string of the molecule is C1=C2c3ccccc3-[n+]3ccc4n3C(C4)C12. The quantitative estimate of drug-likeness (QED) is 0.583. The third-order valence-corrected chi connectivity index (χ3v) is 4.15. The van der Waals surface area contributed by atoms with Crippen molar-refractivity contribution in [1.29, 1.82) is 0 Å². The highest BCUT2D eigenvalue weighted by molar-refractivity contribution is 5.84. The molecule has 2 atom stereocenters. The van der Waals surface area contributed by atoms with Gasteiger partial charge < -0.3 is 0 Å². The van der Waals surface area contributed by atoms with E-state index in [-0.39, 0.29) is 0 Å². The second-order valence-corrected chi connectivity index (χ2v) is 4.93. The van der Waals surface area contributed by atoms with E-state index in [0.29, 0.717) is 12.0 Å². The maximum Gasteiger partial charge on any atom is 0.243 e. The summed E-state index contributed by atoms with van der Waals surface area (Å²) in [6.45, 7) is 0. The summed E-state index contributed by atoms with van der Waals surface area (Å²) in [6, 6.07) is 11.7. The Morgan fingerprint density at radius 3 is 3.12 bits per heavy atom. The zero-order valence-electron chi connectivity index (χ0n) is 8.80. The van der Waals surface area contributed by atoms with Crippen molar-refractivity contribution in [2.75, 3.05) is 0 Å². The van der Waals surface area contributed by atoms with Crippen LogP contribution in [0.1, 0.15) is 17.3 Å². The fourth-order valence-electron chi connectivity index (χ4n) is 3.29. The normalized spacial score (nSPS) is 26.9. The summed E-state index contributed by atoms with van der Waals surface area (Å²) in [5, 5.41) is 0. The van der Waals surface area contributed by atoms with E-state index >= 15 is 0 Å². The average molecular weight is 207 g/mol. The van der Waals surface area contributed by atoms with Crippen LogP contribution in [0.5, 0.6) is 0 Å². The zero-order chi connectivity index (χ0) is 10.3. The van der Waals surface area contributed by atoms with Gasteiger partial charge in [0, 0.05) is 24.5 Å². The molecule has 5 rings (SSSR count). The molecule has 2 unspecified atom stereocenters. The van der Waals surface area contributed by atoms with Gasteiger partial charge in [-0.1, -0.05) is 22.9 Å². The smallest absolute Gasteiger partial charge is 0.148 e. The molecular weight excluding hydrogens is 196 g/mol. The molecule has 0 N–H and O–H groups in total. The van der Waals surface area contributed by atoms with Crippen LogP contribution < -0.4 is 4.68 Å². The number of hydrogen-bond donors (Lipinski definition) is 0. The first-order valence-corrected chi connectivity index (χ1v) is 5.87. The second kappa shape index (κ2) is 2.14.